The molecule has 0 saturated heterocycles. The average Bonchev–Trinajstić information content (AvgIpc) is 2.07. The van der Waals surface area contributed by atoms with Gasteiger partial charge in [0.2, 0.25) is 0 Å². The second-order valence-electron chi connectivity index (χ2n) is 1.87. The van der Waals surface area contributed by atoms with Crippen molar-refractivity contribution in [3.63, 3.8) is 0 Å². The zero-order valence-electron chi connectivity index (χ0n) is 6.32. The standard InChI is InChI=1S/C8H10O2S/c1-2-11-10-9-8-6-4-3-5-7-8/h3-7H,2H2,1H3. The first-order chi connectivity index (χ1) is 5.43. The van der Waals surface area contributed by atoms with Gasteiger partial charge in [0.15, 0.2) is 5.75 Å². The summed E-state index contributed by atoms with van der Waals surface area (Å²) in [6.45, 7) is 2.00. The Kier molecular flexibility index (Phi) is 3.86. The van der Waals surface area contributed by atoms with E-state index in [4.69, 9.17) is 9.22 Å². The molecular formula is C8H10O2S. The summed E-state index contributed by atoms with van der Waals surface area (Å²) in [5.41, 5.74) is 0. The predicted molar refractivity (Wildman–Crippen MR) is 46.3 cm³/mol. The maximum Gasteiger partial charge on any atom is 0.166 e. The molecule has 0 unspecified atom stereocenters. The lowest BCUT2D eigenvalue weighted by molar-refractivity contribution is -0.0775. The molecule has 0 aromatic heterocycles. The van der Waals surface area contributed by atoms with E-state index in [-0.39, 0.29) is 0 Å². The van der Waals surface area contributed by atoms with Gasteiger partial charge < -0.3 is 4.89 Å². The number of rotatable bonds is 4. The molecule has 0 saturated carbocycles. The molecule has 2 nitrogen and oxygen atoms in total. The minimum atomic E-state index is 0.730. The van der Waals surface area contributed by atoms with Gasteiger partial charge in [0.1, 0.15) is 0 Å². The average molecular weight is 170 g/mol. The van der Waals surface area contributed by atoms with Crippen LogP contribution in [0.3, 0.4) is 0 Å². The maximum atomic E-state index is 4.91. The van der Waals surface area contributed by atoms with E-state index in [1.54, 1.807) is 0 Å². The van der Waals surface area contributed by atoms with E-state index in [2.05, 4.69) is 0 Å². The van der Waals surface area contributed by atoms with E-state index in [0.717, 1.165) is 11.5 Å². The monoisotopic (exact) mass is 170 g/mol. The summed E-state index contributed by atoms with van der Waals surface area (Å²) in [5.74, 6) is 1.61. The normalized spacial score (nSPS) is 9.55. The van der Waals surface area contributed by atoms with Gasteiger partial charge in [-0.25, -0.2) is 0 Å². The molecule has 0 atom stereocenters. The molecule has 1 rings (SSSR count). The van der Waals surface area contributed by atoms with Gasteiger partial charge >= 0.3 is 0 Å². The molecule has 0 radical (unpaired) electrons. The second-order valence-corrected chi connectivity index (χ2v) is 2.82. The molecule has 0 bridgehead atoms. The van der Waals surface area contributed by atoms with Crippen molar-refractivity contribution in [3.8, 4) is 5.75 Å². The van der Waals surface area contributed by atoms with Crippen LogP contribution in [0.2, 0.25) is 0 Å². The molecule has 0 aliphatic heterocycles. The molecule has 1 aromatic rings. The highest BCUT2D eigenvalue weighted by Crippen LogP contribution is 2.11. The largest absolute Gasteiger partial charge is 0.325 e. The van der Waals surface area contributed by atoms with Crippen LogP contribution in [0.15, 0.2) is 30.3 Å². The minimum absolute atomic E-state index is 0.730. The van der Waals surface area contributed by atoms with Gasteiger partial charge in [0, 0.05) is 17.8 Å². The van der Waals surface area contributed by atoms with Gasteiger partial charge in [-0.3, -0.25) is 0 Å². The van der Waals surface area contributed by atoms with Crippen LogP contribution in [0.5, 0.6) is 5.75 Å². The van der Waals surface area contributed by atoms with Gasteiger partial charge in [-0.2, -0.15) is 0 Å². The van der Waals surface area contributed by atoms with E-state index >= 15 is 0 Å². The van der Waals surface area contributed by atoms with Gasteiger partial charge in [-0.1, -0.05) is 25.1 Å². The predicted octanol–water partition coefficient (Wildman–Crippen LogP) is 2.67. The summed E-state index contributed by atoms with van der Waals surface area (Å²) in [6, 6.07) is 9.41. The Bertz CT molecular complexity index is 189. The molecule has 0 aliphatic carbocycles. The van der Waals surface area contributed by atoms with Crippen molar-refractivity contribution in [2.75, 3.05) is 5.75 Å². The van der Waals surface area contributed by atoms with E-state index in [1.165, 1.54) is 12.0 Å². The lowest BCUT2D eigenvalue weighted by Gasteiger charge is -2.00. The third-order valence-electron chi connectivity index (χ3n) is 1.04. The van der Waals surface area contributed by atoms with Gasteiger partial charge in [0.05, 0.1) is 0 Å². The van der Waals surface area contributed by atoms with E-state index in [9.17, 15) is 0 Å². The SMILES string of the molecule is CCSOOc1ccccc1. The highest BCUT2D eigenvalue weighted by molar-refractivity contribution is 7.94. The summed E-state index contributed by atoms with van der Waals surface area (Å²) >= 11 is 1.28. The van der Waals surface area contributed by atoms with Crippen molar-refractivity contribution >= 4 is 12.0 Å². The Morgan fingerprint density at radius 3 is 2.64 bits per heavy atom. The highest BCUT2D eigenvalue weighted by Gasteiger charge is 1.90. The molecule has 11 heavy (non-hydrogen) atoms. The Labute approximate surface area is 70.6 Å². The first kappa shape index (κ1) is 8.43. The first-order valence-corrected chi connectivity index (χ1v) is 4.35. The molecule has 0 aliphatic rings. The van der Waals surface area contributed by atoms with Gasteiger partial charge in [-0.15, -0.1) is 4.33 Å². The van der Waals surface area contributed by atoms with Crippen molar-refractivity contribution in [1.29, 1.82) is 0 Å². The van der Waals surface area contributed by atoms with Crippen molar-refractivity contribution in [1.82, 2.24) is 0 Å². The minimum Gasteiger partial charge on any atom is -0.325 e. The Morgan fingerprint density at radius 2 is 2.00 bits per heavy atom. The van der Waals surface area contributed by atoms with Crippen LogP contribution in [0, 0.1) is 0 Å². The van der Waals surface area contributed by atoms with E-state index < -0.39 is 0 Å². The molecule has 0 N–H and O–H groups in total. The van der Waals surface area contributed by atoms with Crippen molar-refractivity contribution in [2.45, 2.75) is 6.92 Å². The Morgan fingerprint density at radius 1 is 1.27 bits per heavy atom. The molecular weight excluding hydrogens is 160 g/mol. The smallest absolute Gasteiger partial charge is 0.166 e. The zero-order chi connectivity index (χ0) is 7.94. The van der Waals surface area contributed by atoms with Crippen LogP contribution in [-0.4, -0.2) is 5.75 Å². The molecule has 3 heteroatoms. The lowest BCUT2D eigenvalue weighted by atomic mass is 10.3. The lowest BCUT2D eigenvalue weighted by Crippen LogP contribution is -1.88. The topological polar surface area (TPSA) is 18.5 Å². The quantitative estimate of drug-likeness (QED) is 0.299. The number of hydrogen-bond donors (Lipinski definition) is 0. The summed E-state index contributed by atoms with van der Waals surface area (Å²) in [7, 11) is 0. The Balaban J connectivity index is 2.28. The van der Waals surface area contributed by atoms with E-state index in [0.29, 0.717) is 0 Å². The Hall–Kier alpha value is -0.670. The first-order valence-electron chi connectivity index (χ1n) is 3.44. The van der Waals surface area contributed by atoms with Crippen LogP contribution in [0.25, 0.3) is 0 Å². The van der Waals surface area contributed by atoms with Gasteiger partial charge in [0.25, 0.3) is 0 Å². The summed E-state index contributed by atoms with van der Waals surface area (Å²) in [5, 5.41) is 0. The van der Waals surface area contributed by atoms with Crippen LogP contribution < -0.4 is 4.89 Å². The maximum absolute atomic E-state index is 4.91. The molecule has 1 aromatic carbocycles. The molecule has 0 amide bonds. The number of hydrogen-bond acceptors (Lipinski definition) is 3. The third-order valence-corrected chi connectivity index (χ3v) is 1.44. The summed E-state index contributed by atoms with van der Waals surface area (Å²) in [6.07, 6.45) is 0. The van der Waals surface area contributed by atoms with E-state index in [1.807, 2.05) is 37.3 Å². The van der Waals surface area contributed by atoms with Crippen molar-refractivity contribution < 1.29 is 9.22 Å². The number of para-hydroxylation sites is 1. The van der Waals surface area contributed by atoms with Crippen molar-refractivity contribution in [2.24, 2.45) is 0 Å². The fourth-order valence-electron chi connectivity index (χ4n) is 0.588. The van der Waals surface area contributed by atoms with Crippen LogP contribution in [0.4, 0.5) is 0 Å². The molecule has 0 fully saturated rings. The molecule has 0 spiro atoms. The van der Waals surface area contributed by atoms with Crippen LogP contribution in [0.1, 0.15) is 6.92 Å². The zero-order valence-corrected chi connectivity index (χ0v) is 7.14. The third kappa shape index (κ3) is 3.30. The fraction of sp³-hybridized carbons (Fsp3) is 0.250. The van der Waals surface area contributed by atoms with Crippen LogP contribution >= 0.6 is 12.0 Å². The van der Waals surface area contributed by atoms with Crippen molar-refractivity contribution in [3.05, 3.63) is 30.3 Å². The molecule has 0 heterocycles. The molecule has 60 valence electrons. The summed E-state index contributed by atoms with van der Waals surface area (Å²) in [4.78, 5) is 4.91. The van der Waals surface area contributed by atoms with Crippen LogP contribution in [-0.2, 0) is 4.33 Å². The summed E-state index contributed by atoms with van der Waals surface area (Å²) < 4.78 is 4.79. The second kappa shape index (κ2) is 5.04. The fourth-order valence-corrected chi connectivity index (χ4v) is 0.810. The highest BCUT2D eigenvalue weighted by atomic mass is 32.2. The number of benzene rings is 1. The van der Waals surface area contributed by atoms with Gasteiger partial charge in [-0.05, 0) is 12.1 Å².